The second-order valence-electron chi connectivity index (χ2n) is 7.18. The van der Waals surface area contributed by atoms with Crippen molar-refractivity contribution < 1.29 is 9.59 Å². The average molecular weight is 363 g/mol. The van der Waals surface area contributed by atoms with Crippen molar-refractivity contribution in [1.29, 1.82) is 0 Å². The summed E-state index contributed by atoms with van der Waals surface area (Å²) in [4.78, 5) is 24.5. The van der Waals surface area contributed by atoms with Crippen LogP contribution in [0.3, 0.4) is 0 Å². The highest BCUT2D eigenvalue weighted by molar-refractivity contribution is 5.98. The molecule has 0 saturated carbocycles. The smallest absolute Gasteiger partial charge is 0.228 e. The average Bonchev–Trinajstić information content (AvgIpc) is 2.94. The van der Waals surface area contributed by atoms with E-state index in [-0.39, 0.29) is 17.7 Å². The van der Waals surface area contributed by atoms with E-state index in [9.17, 15) is 9.59 Å². The van der Waals surface area contributed by atoms with Crippen molar-refractivity contribution in [1.82, 2.24) is 4.57 Å². The molecule has 2 N–H and O–H groups in total. The van der Waals surface area contributed by atoms with Gasteiger partial charge in [-0.1, -0.05) is 38.1 Å². The van der Waals surface area contributed by atoms with Crippen LogP contribution < -0.4 is 10.6 Å². The number of fused-ring (bicyclic) bond motifs is 1. The van der Waals surface area contributed by atoms with Gasteiger partial charge < -0.3 is 15.2 Å². The van der Waals surface area contributed by atoms with Gasteiger partial charge in [-0.25, -0.2) is 0 Å². The molecule has 0 fully saturated rings. The normalized spacial score (nSPS) is 11.0. The molecule has 2 amide bonds. The van der Waals surface area contributed by atoms with Crippen LogP contribution in [0.5, 0.6) is 0 Å². The molecule has 0 radical (unpaired) electrons. The Kier molecular flexibility index (Phi) is 5.31. The van der Waals surface area contributed by atoms with Gasteiger partial charge in [0.15, 0.2) is 0 Å². The highest BCUT2D eigenvalue weighted by Gasteiger charge is 2.13. The van der Waals surface area contributed by atoms with E-state index in [1.54, 1.807) is 6.07 Å². The molecule has 0 saturated heterocycles. The summed E-state index contributed by atoms with van der Waals surface area (Å²) >= 11 is 0. The molecule has 3 rings (SSSR count). The van der Waals surface area contributed by atoms with Crippen LogP contribution in [0.4, 0.5) is 11.4 Å². The van der Waals surface area contributed by atoms with E-state index in [0.29, 0.717) is 17.8 Å². The third kappa shape index (κ3) is 4.19. The van der Waals surface area contributed by atoms with Crippen molar-refractivity contribution in [3.05, 3.63) is 59.8 Å². The van der Waals surface area contributed by atoms with Gasteiger partial charge in [0, 0.05) is 41.4 Å². The Hall–Kier alpha value is -3.08. The fourth-order valence-electron chi connectivity index (χ4n) is 3.05. The number of benzene rings is 2. The molecule has 1 heterocycles. The molecule has 0 aliphatic carbocycles. The number of aryl methyl sites for hydroxylation is 2. The van der Waals surface area contributed by atoms with Gasteiger partial charge in [-0.2, -0.15) is 0 Å². The number of anilines is 2. The first-order chi connectivity index (χ1) is 12.8. The Bertz CT molecular complexity index is 1000. The molecule has 0 bridgehead atoms. The van der Waals surface area contributed by atoms with Gasteiger partial charge in [0.1, 0.15) is 0 Å². The molecule has 2 aromatic carbocycles. The number of carbonyl (C=O) groups is 2. The maximum atomic E-state index is 12.6. The summed E-state index contributed by atoms with van der Waals surface area (Å²) in [5, 5.41) is 6.93. The van der Waals surface area contributed by atoms with Crippen molar-refractivity contribution in [2.45, 2.75) is 27.2 Å². The van der Waals surface area contributed by atoms with Crippen molar-refractivity contribution in [3.63, 3.8) is 0 Å². The van der Waals surface area contributed by atoms with Crippen molar-refractivity contribution in [3.8, 4) is 0 Å². The number of aromatic nitrogens is 1. The van der Waals surface area contributed by atoms with Gasteiger partial charge in [-0.05, 0) is 36.2 Å². The number of amides is 2. The summed E-state index contributed by atoms with van der Waals surface area (Å²) in [5.41, 5.74) is 4.44. The summed E-state index contributed by atoms with van der Waals surface area (Å²) in [5.74, 6) is -0.232. The predicted octanol–water partition coefficient (Wildman–Crippen LogP) is 4.26. The quantitative estimate of drug-likeness (QED) is 0.711. The number of nitrogens with one attached hydrogen (secondary N) is 2. The van der Waals surface area contributed by atoms with Crippen molar-refractivity contribution in [2.24, 2.45) is 13.0 Å². The fourth-order valence-corrected chi connectivity index (χ4v) is 3.05. The minimum atomic E-state index is -0.101. The molecule has 0 aliphatic rings. The lowest BCUT2D eigenvalue weighted by Gasteiger charge is -2.12. The van der Waals surface area contributed by atoms with Crippen LogP contribution in [0.25, 0.3) is 10.9 Å². The first-order valence-corrected chi connectivity index (χ1v) is 9.09. The standard InChI is InChI=1S/C22H25N3O2/c1-14(2)22(27)23-17-10-9-15(3)19(12-17)24-21(26)11-16-13-25(4)20-8-6-5-7-18(16)20/h5-10,12-14H,11H2,1-4H3,(H,23,27)(H,24,26). The number of para-hydroxylation sites is 1. The zero-order chi connectivity index (χ0) is 19.6. The Morgan fingerprint density at radius 1 is 1.07 bits per heavy atom. The monoisotopic (exact) mass is 363 g/mol. The molecule has 5 nitrogen and oxygen atoms in total. The van der Waals surface area contributed by atoms with Crippen molar-refractivity contribution >= 4 is 34.1 Å². The summed E-state index contributed by atoms with van der Waals surface area (Å²) in [6.45, 7) is 5.62. The van der Waals surface area contributed by atoms with E-state index < -0.39 is 0 Å². The topological polar surface area (TPSA) is 63.1 Å². The lowest BCUT2D eigenvalue weighted by molar-refractivity contribution is -0.119. The molecular weight excluding hydrogens is 338 g/mol. The zero-order valence-electron chi connectivity index (χ0n) is 16.2. The Morgan fingerprint density at radius 2 is 1.81 bits per heavy atom. The van der Waals surface area contributed by atoms with E-state index in [4.69, 9.17) is 0 Å². The van der Waals surface area contributed by atoms with Gasteiger partial charge >= 0.3 is 0 Å². The number of nitrogens with zero attached hydrogens (tertiary/aromatic N) is 1. The maximum absolute atomic E-state index is 12.6. The van der Waals surface area contributed by atoms with Crippen LogP contribution in [-0.2, 0) is 23.1 Å². The van der Waals surface area contributed by atoms with E-state index in [1.165, 1.54) is 0 Å². The Balaban J connectivity index is 1.76. The number of hydrogen-bond acceptors (Lipinski definition) is 2. The SMILES string of the molecule is Cc1ccc(NC(=O)C(C)C)cc1NC(=O)Cc1cn(C)c2ccccc12. The van der Waals surface area contributed by atoms with Gasteiger partial charge in [-0.3, -0.25) is 9.59 Å². The highest BCUT2D eigenvalue weighted by atomic mass is 16.2. The molecule has 3 aromatic rings. The van der Waals surface area contributed by atoms with Crippen LogP contribution in [0.2, 0.25) is 0 Å². The fraction of sp³-hybridized carbons (Fsp3) is 0.273. The predicted molar refractivity (Wildman–Crippen MR) is 110 cm³/mol. The van der Waals surface area contributed by atoms with Gasteiger partial charge in [0.2, 0.25) is 11.8 Å². The molecule has 0 atom stereocenters. The first kappa shape index (κ1) is 18.7. The summed E-state index contributed by atoms with van der Waals surface area (Å²) in [6.07, 6.45) is 2.29. The maximum Gasteiger partial charge on any atom is 0.228 e. The third-order valence-electron chi connectivity index (χ3n) is 4.63. The van der Waals surface area contributed by atoms with Gasteiger partial charge in [0.05, 0.1) is 6.42 Å². The lowest BCUT2D eigenvalue weighted by atomic mass is 10.1. The van der Waals surface area contributed by atoms with Crippen LogP contribution in [0.15, 0.2) is 48.7 Å². The van der Waals surface area contributed by atoms with E-state index >= 15 is 0 Å². The molecule has 0 unspecified atom stereocenters. The van der Waals surface area contributed by atoms with E-state index in [0.717, 1.165) is 22.0 Å². The molecule has 27 heavy (non-hydrogen) atoms. The van der Waals surface area contributed by atoms with Crippen LogP contribution in [-0.4, -0.2) is 16.4 Å². The second kappa shape index (κ2) is 7.66. The highest BCUT2D eigenvalue weighted by Crippen LogP contribution is 2.23. The molecule has 5 heteroatoms. The second-order valence-corrected chi connectivity index (χ2v) is 7.18. The molecular formula is C22H25N3O2. The Morgan fingerprint density at radius 3 is 2.56 bits per heavy atom. The van der Waals surface area contributed by atoms with Gasteiger partial charge in [0.25, 0.3) is 0 Å². The molecule has 0 aliphatic heterocycles. The summed E-state index contributed by atoms with van der Waals surface area (Å²) in [6, 6.07) is 13.6. The Labute approximate surface area is 159 Å². The summed E-state index contributed by atoms with van der Waals surface area (Å²) in [7, 11) is 1.98. The zero-order valence-corrected chi connectivity index (χ0v) is 16.2. The third-order valence-corrected chi connectivity index (χ3v) is 4.63. The number of rotatable bonds is 5. The number of carbonyl (C=O) groups excluding carboxylic acids is 2. The van der Waals surface area contributed by atoms with E-state index in [1.807, 2.05) is 75.0 Å². The minimum absolute atomic E-state index is 0.0492. The van der Waals surface area contributed by atoms with Crippen molar-refractivity contribution in [2.75, 3.05) is 10.6 Å². The molecule has 140 valence electrons. The van der Waals surface area contributed by atoms with Gasteiger partial charge in [-0.15, -0.1) is 0 Å². The molecule has 1 aromatic heterocycles. The van der Waals surface area contributed by atoms with Crippen LogP contribution in [0, 0.1) is 12.8 Å². The van der Waals surface area contributed by atoms with Crippen LogP contribution in [0.1, 0.15) is 25.0 Å². The number of hydrogen-bond donors (Lipinski definition) is 2. The van der Waals surface area contributed by atoms with E-state index in [2.05, 4.69) is 10.6 Å². The first-order valence-electron chi connectivity index (χ1n) is 9.09. The lowest BCUT2D eigenvalue weighted by Crippen LogP contribution is -2.18. The molecule has 0 spiro atoms. The van der Waals surface area contributed by atoms with Crippen LogP contribution >= 0.6 is 0 Å². The minimum Gasteiger partial charge on any atom is -0.350 e. The largest absolute Gasteiger partial charge is 0.350 e. The summed E-state index contributed by atoms with van der Waals surface area (Å²) < 4.78 is 2.03.